The number of fused-ring (bicyclic) bond motifs is 1. The Morgan fingerprint density at radius 1 is 1.37 bits per heavy atom. The van der Waals surface area contributed by atoms with Gasteiger partial charge in [-0.2, -0.15) is 13.2 Å². The summed E-state index contributed by atoms with van der Waals surface area (Å²) in [5.74, 6) is -1.76. The SMILES string of the molecule is CC(COc1ccc2c(c1)C[C@H](C)C(CN1CC(C(=O)O)C1)=C2)C(F)(F)F. The van der Waals surface area contributed by atoms with E-state index in [4.69, 9.17) is 9.84 Å². The molecular weight excluding hydrogens is 359 g/mol. The molecule has 27 heavy (non-hydrogen) atoms. The van der Waals surface area contributed by atoms with Gasteiger partial charge in [-0.3, -0.25) is 9.69 Å². The Hall–Kier alpha value is -2.02. The number of likely N-dealkylation sites (tertiary alicyclic amines) is 1. The second-order valence-corrected chi connectivity index (χ2v) is 7.67. The molecule has 2 atom stereocenters. The first kappa shape index (κ1) is 19.7. The molecule has 0 radical (unpaired) electrons. The molecule has 1 aliphatic carbocycles. The number of halogens is 3. The highest BCUT2D eigenvalue weighted by molar-refractivity contribution is 5.71. The average Bonchev–Trinajstić information content (AvgIpc) is 2.54. The first-order valence-electron chi connectivity index (χ1n) is 9.11. The van der Waals surface area contributed by atoms with Gasteiger partial charge in [0.25, 0.3) is 0 Å². The Labute approximate surface area is 156 Å². The summed E-state index contributed by atoms with van der Waals surface area (Å²) in [5.41, 5.74) is 3.37. The Morgan fingerprint density at radius 2 is 2.07 bits per heavy atom. The van der Waals surface area contributed by atoms with Gasteiger partial charge in [-0.05, 0) is 35.6 Å². The third-order valence-corrected chi connectivity index (χ3v) is 5.39. The number of aliphatic carboxylic acids is 1. The minimum atomic E-state index is -4.25. The lowest BCUT2D eigenvalue weighted by Gasteiger charge is -2.38. The van der Waals surface area contributed by atoms with Crippen molar-refractivity contribution in [2.75, 3.05) is 26.2 Å². The monoisotopic (exact) mass is 383 g/mol. The van der Waals surface area contributed by atoms with Crippen LogP contribution in [0.25, 0.3) is 6.08 Å². The Morgan fingerprint density at radius 3 is 2.70 bits per heavy atom. The lowest BCUT2D eigenvalue weighted by atomic mass is 9.83. The van der Waals surface area contributed by atoms with E-state index in [1.165, 1.54) is 5.57 Å². The molecule has 2 aliphatic rings. The second kappa shape index (κ2) is 7.54. The predicted octanol–water partition coefficient (Wildman–Crippen LogP) is 3.86. The van der Waals surface area contributed by atoms with E-state index in [-0.39, 0.29) is 5.92 Å². The molecule has 1 fully saturated rings. The molecule has 148 valence electrons. The molecule has 0 aromatic heterocycles. The lowest BCUT2D eigenvalue weighted by molar-refractivity contribution is -0.176. The van der Waals surface area contributed by atoms with Crippen LogP contribution in [0.4, 0.5) is 13.2 Å². The van der Waals surface area contributed by atoms with Crippen LogP contribution in [0.2, 0.25) is 0 Å². The van der Waals surface area contributed by atoms with E-state index in [0.29, 0.717) is 24.8 Å². The van der Waals surface area contributed by atoms with Crippen LogP contribution in [0.15, 0.2) is 23.8 Å². The Bertz CT molecular complexity index is 738. The fraction of sp³-hybridized carbons (Fsp3) is 0.550. The lowest BCUT2D eigenvalue weighted by Crippen LogP contribution is -2.51. The van der Waals surface area contributed by atoms with Crippen LogP contribution >= 0.6 is 0 Å². The second-order valence-electron chi connectivity index (χ2n) is 7.67. The van der Waals surface area contributed by atoms with Crippen molar-refractivity contribution in [3.05, 3.63) is 34.9 Å². The van der Waals surface area contributed by atoms with Gasteiger partial charge < -0.3 is 9.84 Å². The average molecular weight is 383 g/mol. The van der Waals surface area contributed by atoms with Gasteiger partial charge in [0, 0.05) is 19.6 Å². The fourth-order valence-corrected chi connectivity index (χ4v) is 3.42. The normalized spacial score (nSPS) is 21.8. The van der Waals surface area contributed by atoms with Crippen LogP contribution in [0, 0.1) is 17.8 Å². The number of carboxylic acids is 1. The van der Waals surface area contributed by atoms with Crippen molar-refractivity contribution in [2.24, 2.45) is 17.8 Å². The molecule has 1 unspecified atom stereocenters. The number of ether oxygens (including phenoxy) is 1. The number of hydrogen-bond acceptors (Lipinski definition) is 3. The quantitative estimate of drug-likeness (QED) is 0.811. The molecule has 0 amide bonds. The van der Waals surface area contributed by atoms with E-state index in [0.717, 1.165) is 31.0 Å². The molecule has 1 saturated heterocycles. The molecule has 0 spiro atoms. The molecule has 1 heterocycles. The minimum absolute atomic E-state index is 0.268. The van der Waals surface area contributed by atoms with E-state index in [1.54, 1.807) is 6.07 Å². The Kier molecular flexibility index (Phi) is 5.51. The largest absolute Gasteiger partial charge is 0.493 e. The zero-order valence-corrected chi connectivity index (χ0v) is 15.4. The molecular formula is C20H24F3NO3. The van der Waals surface area contributed by atoms with E-state index >= 15 is 0 Å². The Balaban J connectivity index is 1.62. The predicted molar refractivity (Wildman–Crippen MR) is 95.6 cm³/mol. The van der Waals surface area contributed by atoms with Crippen LogP contribution in [0.5, 0.6) is 5.75 Å². The summed E-state index contributed by atoms with van der Waals surface area (Å²) in [5, 5.41) is 8.97. The van der Waals surface area contributed by atoms with Crippen molar-refractivity contribution in [1.29, 1.82) is 0 Å². The molecule has 0 bridgehead atoms. The van der Waals surface area contributed by atoms with Crippen LogP contribution in [0.1, 0.15) is 25.0 Å². The first-order chi connectivity index (χ1) is 12.6. The number of carboxylic acid groups (broad SMARTS) is 1. The van der Waals surface area contributed by atoms with Gasteiger partial charge >= 0.3 is 12.1 Å². The van der Waals surface area contributed by atoms with E-state index in [2.05, 4.69) is 17.9 Å². The van der Waals surface area contributed by atoms with E-state index in [9.17, 15) is 18.0 Å². The molecule has 1 aromatic carbocycles. The topological polar surface area (TPSA) is 49.8 Å². The highest BCUT2D eigenvalue weighted by Crippen LogP contribution is 2.33. The summed E-state index contributed by atoms with van der Waals surface area (Å²) in [6.45, 7) is 4.75. The number of rotatable bonds is 6. The maximum atomic E-state index is 12.6. The van der Waals surface area contributed by atoms with Gasteiger partial charge in [-0.25, -0.2) is 0 Å². The maximum absolute atomic E-state index is 12.6. The zero-order chi connectivity index (χ0) is 19.8. The molecule has 7 heteroatoms. The summed E-state index contributed by atoms with van der Waals surface area (Å²) in [7, 11) is 0. The summed E-state index contributed by atoms with van der Waals surface area (Å²) >= 11 is 0. The van der Waals surface area contributed by atoms with Crippen molar-refractivity contribution in [3.8, 4) is 5.75 Å². The summed E-state index contributed by atoms with van der Waals surface area (Å²) in [6.07, 6.45) is -1.35. The van der Waals surface area contributed by atoms with Crippen LogP contribution in [-0.4, -0.2) is 48.4 Å². The van der Waals surface area contributed by atoms with Gasteiger partial charge in [-0.1, -0.05) is 31.6 Å². The third-order valence-electron chi connectivity index (χ3n) is 5.39. The van der Waals surface area contributed by atoms with Gasteiger partial charge in [0.1, 0.15) is 5.75 Å². The van der Waals surface area contributed by atoms with Crippen molar-refractivity contribution >= 4 is 12.0 Å². The summed E-state index contributed by atoms with van der Waals surface area (Å²) < 4.78 is 43.1. The number of hydrogen-bond donors (Lipinski definition) is 1. The van der Waals surface area contributed by atoms with Crippen molar-refractivity contribution in [2.45, 2.75) is 26.4 Å². The number of alkyl halides is 3. The molecule has 1 N–H and O–H groups in total. The zero-order valence-electron chi connectivity index (χ0n) is 15.4. The highest BCUT2D eigenvalue weighted by atomic mass is 19.4. The molecule has 1 aromatic rings. The first-order valence-corrected chi connectivity index (χ1v) is 9.11. The van der Waals surface area contributed by atoms with Gasteiger partial charge in [0.2, 0.25) is 0 Å². The van der Waals surface area contributed by atoms with Crippen molar-refractivity contribution in [3.63, 3.8) is 0 Å². The van der Waals surface area contributed by atoms with Crippen molar-refractivity contribution < 1.29 is 27.8 Å². The summed E-state index contributed by atoms with van der Waals surface area (Å²) in [4.78, 5) is 13.0. The minimum Gasteiger partial charge on any atom is -0.493 e. The number of nitrogens with zero attached hydrogens (tertiary/aromatic N) is 1. The maximum Gasteiger partial charge on any atom is 0.394 e. The molecule has 4 nitrogen and oxygen atoms in total. The van der Waals surface area contributed by atoms with Crippen LogP contribution in [0.3, 0.4) is 0 Å². The van der Waals surface area contributed by atoms with Gasteiger partial charge in [0.15, 0.2) is 0 Å². The standard InChI is InChI=1S/C20H24F3NO3/c1-12-5-15-7-18(27-11-13(2)20(21,22)23)4-3-14(15)6-16(12)8-24-9-17(10-24)19(25)26/h3-4,6-7,12-13,17H,5,8-11H2,1-2H3,(H,25,26)/t12-,13?/m0/s1. The number of benzene rings is 1. The van der Waals surface area contributed by atoms with E-state index in [1.807, 2.05) is 12.1 Å². The summed E-state index contributed by atoms with van der Waals surface area (Å²) in [6, 6.07) is 5.41. The fourth-order valence-electron chi connectivity index (χ4n) is 3.42. The molecule has 3 rings (SSSR count). The van der Waals surface area contributed by atoms with Gasteiger partial charge in [0.05, 0.1) is 18.4 Å². The van der Waals surface area contributed by atoms with Crippen molar-refractivity contribution in [1.82, 2.24) is 4.90 Å². The molecule has 0 saturated carbocycles. The molecule has 1 aliphatic heterocycles. The van der Waals surface area contributed by atoms with Gasteiger partial charge in [-0.15, -0.1) is 0 Å². The number of carbonyl (C=O) groups is 1. The van der Waals surface area contributed by atoms with Crippen LogP contribution < -0.4 is 4.74 Å². The van der Waals surface area contributed by atoms with Crippen LogP contribution in [-0.2, 0) is 11.2 Å². The van der Waals surface area contributed by atoms with E-state index < -0.39 is 24.7 Å². The highest BCUT2D eigenvalue weighted by Gasteiger charge is 2.36. The third kappa shape index (κ3) is 4.64. The smallest absolute Gasteiger partial charge is 0.394 e.